The Hall–Kier alpha value is -1.52. The lowest BCUT2D eigenvalue weighted by atomic mass is 10.1. The molecule has 1 aromatic heterocycles. The number of carbonyl (C=O) groups excluding carboxylic acids is 1. The second-order valence-corrected chi connectivity index (χ2v) is 4.88. The van der Waals surface area contributed by atoms with E-state index in [-0.39, 0.29) is 11.9 Å². The molecule has 1 saturated carbocycles. The molecule has 94 valence electrons. The maximum atomic E-state index is 12.0. The zero-order chi connectivity index (χ0) is 12.4. The molecule has 17 heavy (non-hydrogen) atoms. The van der Waals surface area contributed by atoms with Crippen LogP contribution in [-0.4, -0.2) is 21.7 Å². The average molecular weight is 236 g/mol. The standard InChI is InChI=1S/C12H20N4O/c1-3-16-7-10(13)11(15-16)12(17)14-9-5-4-8(2)6-9/h7-9H,3-6,13H2,1-2H3,(H,14,17). The van der Waals surface area contributed by atoms with Crippen LogP contribution in [0.5, 0.6) is 0 Å². The van der Waals surface area contributed by atoms with Crippen molar-refractivity contribution in [2.24, 2.45) is 5.92 Å². The lowest BCUT2D eigenvalue weighted by molar-refractivity contribution is 0.0932. The molecule has 1 heterocycles. The van der Waals surface area contributed by atoms with Gasteiger partial charge in [0.25, 0.3) is 5.91 Å². The Kier molecular flexibility index (Phi) is 3.36. The maximum Gasteiger partial charge on any atom is 0.274 e. The molecule has 0 radical (unpaired) electrons. The molecule has 1 aliphatic carbocycles. The number of hydrogen-bond donors (Lipinski definition) is 2. The van der Waals surface area contributed by atoms with Gasteiger partial charge in [-0.05, 0) is 32.1 Å². The minimum absolute atomic E-state index is 0.145. The SMILES string of the molecule is CCn1cc(N)c(C(=O)NC2CCC(C)C2)n1. The minimum Gasteiger partial charge on any atom is -0.396 e. The van der Waals surface area contributed by atoms with Crippen LogP contribution < -0.4 is 11.1 Å². The van der Waals surface area contributed by atoms with Crippen LogP contribution in [0, 0.1) is 5.92 Å². The van der Waals surface area contributed by atoms with Crippen molar-refractivity contribution in [1.29, 1.82) is 0 Å². The third-order valence-corrected chi connectivity index (χ3v) is 3.36. The zero-order valence-electron chi connectivity index (χ0n) is 10.4. The van der Waals surface area contributed by atoms with Gasteiger partial charge in [0.15, 0.2) is 5.69 Å². The Morgan fingerprint density at radius 1 is 1.65 bits per heavy atom. The fourth-order valence-electron chi connectivity index (χ4n) is 2.37. The smallest absolute Gasteiger partial charge is 0.274 e. The Bertz CT molecular complexity index is 413. The Morgan fingerprint density at radius 3 is 2.94 bits per heavy atom. The van der Waals surface area contributed by atoms with E-state index in [0.29, 0.717) is 17.3 Å². The van der Waals surface area contributed by atoms with E-state index in [4.69, 9.17) is 5.73 Å². The normalized spacial score (nSPS) is 23.9. The van der Waals surface area contributed by atoms with E-state index in [1.165, 1.54) is 6.42 Å². The summed E-state index contributed by atoms with van der Waals surface area (Å²) >= 11 is 0. The summed E-state index contributed by atoms with van der Waals surface area (Å²) in [7, 11) is 0. The van der Waals surface area contributed by atoms with Crippen molar-refractivity contribution in [1.82, 2.24) is 15.1 Å². The van der Waals surface area contributed by atoms with Gasteiger partial charge >= 0.3 is 0 Å². The van der Waals surface area contributed by atoms with Crippen molar-refractivity contribution >= 4 is 11.6 Å². The topological polar surface area (TPSA) is 72.9 Å². The number of carbonyl (C=O) groups is 1. The van der Waals surface area contributed by atoms with Gasteiger partial charge in [0, 0.05) is 18.8 Å². The summed E-state index contributed by atoms with van der Waals surface area (Å²) in [5.74, 6) is 0.555. The molecule has 2 unspecified atom stereocenters. The molecule has 2 rings (SSSR count). The van der Waals surface area contributed by atoms with Gasteiger partial charge in [-0.2, -0.15) is 5.10 Å². The summed E-state index contributed by atoms with van der Waals surface area (Å²) in [6, 6.07) is 0.281. The van der Waals surface area contributed by atoms with Crippen LogP contribution in [0.4, 0.5) is 5.69 Å². The third kappa shape index (κ3) is 2.60. The number of rotatable bonds is 3. The van der Waals surface area contributed by atoms with Crippen molar-refractivity contribution in [3.05, 3.63) is 11.9 Å². The second-order valence-electron chi connectivity index (χ2n) is 4.88. The van der Waals surface area contributed by atoms with Crippen molar-refractivity contribution in [2.75, 3.05) is 5.73 Å². The molecule has 0 aliphatic heterocycles. The van der Waals surface area contributed by atoms with Crippen LogP contribution in [0.3, 0.4) is 0 Å². The first-order valence-electron chi connectivity index (χ1n) is 6.24. The van der Waals surface area contributed by atoms with Crippen LogP contribution in [0.1, 0.15) is 43.6 Å². The van der Waals surface area contributed by atoms with E-state index >= 15 is 0 Å². The molecular weight excluding hydrogens is 216 g/mol. The van der Waals surface area contributed by atoms with Crippen molar-refractivity contribution in [3.63, 3.8) is 0 Å². The first-order chi connectivity index (χ1) is 8.10. The Labute approximate surface area is 101 Å². The first-order valence-corrected chi connectivity index (χ1v) is 6.24. The number of nitrogen functional groups attached to an aromatic ring is 1. The van der Waals surface area contributed by atoms with Crippen LogP contribution in [0.2, 0.25) is 0 Å². The highest BCUT2D eigenvalue weighted by molar-refractivity contribution is 5.97. The predicted octanol–water partition coefficient (Wildman–Crippen LogP) is 1.40. The van der Waals surface area contributed by atoms with Crippen LogP contribution >= 0.6 is 0 Å². The number of aromatic nitrogens is 2. The molecule has 0 saturated heterocycles. The molecule has 0 spiro atoms. The summed E-state index contributed by atoms with van der Waals surface area (Å²) in [4.78, 5) is 12.0. The van der Waals surface area contributed by atoms with Gasteiger partial charge < -0.3 is 11.1 Å². The first kappa shape index (κ1) is 12.0. The number of nitrogens with two attached hydrogens (primary N) is 1. The van der Waals surface area contributed by atoms with E-state index in [1.54, 1.807) is 10.9 Å². The molecule has 1 aromatic rings. The lowest BCUT2D eigenvalue weighted by Crippen LogP contribution is -2.33. The fraction of sp³-hybridized carbons (Fsp3) is 0.667. The van der Waals surface area contributed by atoms with Gasteiger partial charge in [0.2, 0.25) is 0 Å². The highest BCUT2D eigenvalue weighted by Crippen LogP contribution is 2.25. The van der Waals surface area contributed by atoms with Gasteiger partial charge in [-0.25, -0.2) is 0 Å². The zero-order valence-corrected chi connectivity index (χ0v) is 10.4. The van der Waals surface area contributed by atoms with E-state index in [2.05, 4.69) is 17.3 Å². The molecule has 2 atom stereocenters. The van der Waals surface area contributed by atoms with Gasteiger partial charge in [0.1, 0.15) is 0 Å². The number of aryl methyl sites for hydroxylation is 1. The maximum absolute atomic E-state index is 12.0. The summed E-state index contributed by atoms with van der Waals surface area (Å²) in [5.41, 5.74) is 6.58. The van der Waals surface area contributed by atoms with Crippen LogP contribution in [0.25, 0.3) is 0 Å². The summed E-state index contributed by atoms with van der Waals surface area (Å²) in [5, 5.41) is 7.18. The summed E-state index contributed by atoms with van der Waals surface area (Å²) < 4.78 is 1.68. The molecule has 0 aromatic carbocycles. The molecular formula is C12H20N4O. The number of amides is 1. The van der Waals surface area contributed by atoms with Gasteiger partial charge in [-0.1, -0.05) is 6.92 Å². The van der Waals surface area contributed by atoms with E-state index in [1.807, 2.05) is 6.92 Å². The third-order valence-electron chi connectivity index (χ3n) is 3.36. The Balaban J connectivity index is 2.01. The highest BCUT2D eigenvalue weighted by Gasteiger charge is 2.24. The number of nitrogens with one attached hydrogen (secondary N) is 1. The monoisotopic (exact) mass is 236 g/mol. The lowest BCUT2D eigenvalue weighted by Gasteiger charge is -2.11. The molecule has 5 nitrogen and oxygen atoms in total. The molecule has 1 aliphatic rings. The molecule has 1 fully saturated rings. The molecule has 0 bridgehead atoms. The van der Waals surface area contributed by atoms with Crippen molar-refractivity contribution in [3.8, 4) is 0 Å². The number of hydrogen-bond acceptors (Lipinski definition) is 3. The largest absolute Gasteiger partial charge is 0.396 e. The van der Waals surface area contributed by atoms with Crippen LogP contribution in [0.15, 0.2) is 6.20 Å². The molecule has 1 amide bonds. The average Bonchev–Trinajstić information content (AvgIpc) is 2.85. The molecule has 5 heteroatoms. The van der Waals surface area contributed by atoms with Crippen LogP contribution in [-0.2, 0) is 6.54 Å². The number of anilines is 1. The van der Waals surface area contributed by atoms with E-state index in [9.17, 15) is 4.79 Å². The van der Waals surface area contributed by atoms with Gasteiger partial charge in [-0.3, -0.25) is 9.48 Å². The summed E-state index contributed by atoms with van der Waals surface area (Å²) in [6.07, 6.45) is 5.00. The van der Waals surface area contributed by atoms with Crippen molar-refractivity contribution < 1.29 is 4.79 Å². The van der Waals surface area contributed by atoms with Crippen molar-refractivity contribution in [2.45, 2.75) is 45.7 Å². The quantitative estimate of drug-likeness (QED) is 0.833. The van der Waals surface area contributed by atoms with E-state index < -0.39 is 0 Å². The summed E-state index contributed by atoms with van der Waals surface area (Å²) in [6.45, 7) is 4.90. The minimum atomic E-state index is -0.145. The van der Waals surface area contributed by atoms with Gasteiger partial charge in [0.05, 0.1) is 5.69 Å². The second kappa shape index (κ2) is 4.77. The fourth-order valence-corrected chi connectivity index (χ4v) is 2.37. The van der Waals surface area contributed by atoms with Gasteiger partial charge in [-0.15, -0.1) is 0 Å². The molecule has 3 N–H and O–H groups in total. The Morgan fingerprint density at radius 2 is 2.41 bits per heavy atom. The highest BCUT2D eigenvalue weighted by atomic mass is 16.2. The number of nitrogens with zero attached hydrogens (tertiary/aromatic N) is 2. The van der Waals surface area contributed by atoms with E-state index in [0.717, 1.165) is 19.4 Å². The predicted molar refractivity (Wildman–Crippen MR) is 66.6 cm³/mol.